The van der Waals surface area contributed by atoms with E-state index in [1.165, 1.54) is 50.8 Å². The minimum absolute atomic E-state index is 0. The van der Waals surface area contributed by atoms with Gasteiger partial charge in [0, 0.05) is 39.3 Å². The molecule has 0 bridgehead atoms. The van der Waals surface area contributed by atoms with Gasteiger partial charge in [0.15, 0.2) is 17.5 Å². The van der Waals surface area contributed by atoms with E-state index in [9.17, 15) is 9.50 Å². The lowest BCUT2D eigenvalue weighted by Gasteiger charge is -2.36. The van der Waals surface area contributed by atoms with Gasteiger partial charge in [0.2, 0.25) is 0 Å². The van der Waals surface area contributed by atoms with E-state index in [4.69, 9.17) is 0 Å². The van der Waals surface area contributed by atoms with Crippen molar-refractivity contribution in [3.05, 3.63) is 29.6 Å². The maximum absolute atomic E-state index is 13.4. The number of hydrogen-bond acceptors (Lipinski definition) is 3. The van der Waals surface area contributed by atoms with Gasteiger partial charge < -0.3 is 20.6 Å². The number of likely N-dealkylation sites (tertiary alicyclic amines) is 1. The lowest BCUT2D eigenvalue weighted by Crippen LogP contribution is -2.49. The van der Waals surface area contributed by atoms with Gasteiger partial charge in [0.1, 0.15) is 0 Å². The van der Waals surface area contributed by atoms with Crippen molar-refractivity contribution in [1.29, 1.82) is 0 Å². The van der Waals surface area contributed by atoms with Gasteiger partial charge in [-0.15, -0.1) is 24.0 Å². The summed E-state index contributed by atoms with van der Waals surface area (Å²) in [6.07, 6.45) is 9.32. The first-order chi connectivity index (χ1) is 13.1. The minimum atomic E-state index is -0.595. The zero-order valence-electron chi connectivity index (χ0n) is 16.8. The van der Waals surface area contributed by atoms with Crippen LogP contribution in [0.5, 0.6) is 5.75 Å². The second kappa shape index (κ2) is 11.8. The van der Waals surface area contributed by atoms with E-state index in [-0.39, 0.29) is 29.7 Å². The van der Waals surface area contributed by atoms with Gasteiger partial charge in [-0.25, -0.2) is 4.39 Å². The van der Waals surface area contributed by atoms with Crippen molar-refractivity contribution in [2.75, 3.05) is 26.7 Å². The van der Waals surface area contributed by atoms with Crippen LogP contribution >= 0.6 is 24.0 Å². The summed E-state index contributed by atoms with van der Waals surface area (Å²) in [6, 6.07) is 4.86. The number of halogens is 2. The van der Waals surface area contributed by atoms with E-state index in [1.54, 1.807) is 13.1 Å². The quantitative estimate of drug-likeness (QED) is 0.324. The maximum atomic E-state index is 13.4. The Balaban J connectivity index is 0.00000280. The fourth-order valence-corrected chi connectivity index (χ4v) is 4.23. The van der Waals surface area contributed by atoms with Gasteiger partial charge in [-0.1, -0.05) is 25.3 Å². The topological polar surface area (TPSA) is 59.9 Å². The van der Waals surface area contributed by atoms with Crippen molar-refractivity contribution >= 4 is 29.9 Å². The molecule has 28 heavy (non-hydrogen) atoms. The van der Waals surface area contributed by atoms with E-state index in [2.05, 4.69) is 20.5 Å². The standard InChI is InChI=1S/C21H33FN4O.HI/c1-23-21(24-14-17-7-8-20(27)19(22)13-17)25-18-9-11-26(12-10-18)15-16-5-3-2-4-6-16;/h7-8,13,16,18,27H,2-6,9-12,14-15H2,1H3,(H2,23,24,25);1H. The predicted molar refractivity (Wildman–Crippen MR) is 123 cm³/mol. The smallest absolute Gasteiger partial charge is 0.191 e. The number of rotatable bonds is 5. The van der Waals surface area contributed by atoms with Crippen LogP contribution in [0.25, 0.3) is 0 Å². The van der Waals surface area contributed by atoms with E-state index < -0.39 is 5.82 Å². The molecule has 0 aromatic heterocycles. The number of nitrogens with zero attached hydrogens (tertiary/aromatic N) is 2. The van der Waals surface area contributed by atoms with Crippen LogP contribution in [0.2, 0.25) is 0 Å². The lowest BCUT2D eigenvalue weighted by atomic mass is 9.88. The van der Waals surface area contributed by atoms with Crippen LogP contribution < -0.4 is 10.6 Å². The Kier molecular flexibility index (Phi) is 9.77. The number of aromatic hydroxyl groups is 1. The summed E-state index contributed by atoms with van der Waals surface area (Å²) in [7, 11) is 1.75. The number of hydrogen-bond donors (Lipinski definition) is 3. The lowest BCUT2D eigenvalue weighted by molar-refractivity contribution is 0.160. The molecule has 0 unspecified atom stereocenters. The summed E-state index contributed by atoms with van der Waals surface area (Å²) >= 11 is 0. The number of phenols is 1. The molecule has 0 radical (unpaired) electrons. The minimum Gasteiger partial charge on any atom is -0.505 e. The number of benzene rings is 1. The normalized spacial score (nSPS) is 19.9. The number of nitrogens with one attached hydrogen (secondary N) is 2. The number of guanidine groups is 1. The van der Waals surface area contributed by atoms with Crippen molar-refractivity contribution < 1.29 is 9.50 Å². The van der Waals surface area contributed by atoms with Crippen molar-refractivity contribution in [3.8, 4) is 5.75 Å². The SMILES string of the molecule is CN=C(NCc1ccc(O)c(F)c1)NC1CCN(CC2CCCCC2)CC1.I. The predicted octanol–water partition coefficient (Wildman–Crippen LogP) is 3.86. The van der Waals surface area contributed by atoms with Crippen LogP contribution in [-0.2, 0) is 6.54 Å². The highest BCUT2D eigenvalue weighted by molar-refractivity contribution is 14.0. The Morgan fingerprint density at radius 1 is 1.18 bits per heavy atom. The summed E-state index contributed by atoms with van der Waals surface area (Å²) in [6.45, 7) is 4.03. The highest BCUT2D eigenvalue weighted by Crippen LogP contribution is 2.25. The molecule has 3 rings (SSSR count). The van der Waals surface area contributed by atoms with Gasteiger partial charge in [-0.05, 0) is 49.3 Å². The van der Waals surface area contributed by atoms with Gasteiger partial charge in [0.25, 0.3) is 0 Å². The highest BCUT2D eigenvalue weighted by Gasteiger charge is 2.23. The Morgan fingerprint density at radius 3 is 2.54 bits per heavy atom. The molecule has 0 atom stereocenters. The largest absolute Gasteiger partial charge is 0.505 e. The second-order valence-electron chi connectivity index (χ2n) is 7.93. The molecule has 0 spiro atoms. The third-order valence-electron chi connectivity index (χ3n) is 5.87. The molecule has 1 saturated heterocycles. The first-order valence-corrected chi connectivity index (χ1v) is 10.3. The van der Waals surface area contributed by atoms with Crippen molar-refractivity contribution in [1.82, 2.24) is 15.5 Å². The summed E-state index contributed by atoms with van der Waals surface area (Å²) in [5, 5.41) is 16.0. The zero-order chi connectivity index (χ0) is 19.1. The Morgan fingerprint density at radius 2 is 1.89 bits per heavy atom. The summed E-state index contributed by atoms with van der Waals surface area (Å²) < 4.78 is 13.4. The van der Waals surface area contributed by atoms with Gasteiger partial charge in [-0.3, -0.25) is 4.99 Å². The average Bonchev–Trinajstić information content (AvgIpc) is 2.70. The molecular formula is C21H34FIN4O. The first-order valence-electron chi connectivity index (χ1n) is 10.3. The molecule has 7 heteroatoms. The third kappa shape index (κ3) is 7.06. The first kappa shape index (κ1) is 23.2. The van der Waals surface area contributed by atoms with E-state index >= 15 is 0 Å². The Bertz CT molecular complexity index is 629. The average molecular weight is 504 g/mol. The number of aliphatic imine (C=N–C) groups is 1. The fourth-order valence-electron chi connectivity index (χ4n) is 4.23. The maximum Gasteiger partial charge on any atom is 0.191 e. The van der Waals surface area contributed by atoms with E-state index in [0.717, 1.165) is 43.4 Å². The van der Waals surface area contributed by atoms with Crippen LogP contribution in [0.1, 0.15) is 50.5 Å². The molecule has 1 aromatic rings. The molecule has 0 amide bonds. The van der Waals surface area contributed by atoms with Crippen molar-refractivity contribution in [3.63, 3.8) is 0 Å². The van der Waals surface area contributed by atoms with Gasteiger partial charge in [-0.2, -0.15) is 0 Å². The van der Waals surface area contributed by atoms with Crippen molar-refractivity contribution in [2.24, 2.45) is 10.9 Å². The van der Waals surface area contributed by atoms with Crippen LogP contribution in [0.15, 0.2) is 23.2 Å². The summed E-state index contributed by atoms with van der Waals surface area (Å²) in [5.74, 6) is 0.737. The molecule has 1 saturated carbocycles. The number of piperidine rings is 1. The second-order valence-corrected chi connectivity index (χ2v) is 7.93. The van der Waals surface area contributed by atoms with Crippen LogP contribution in [0, 0.1) is 11.7 Å². The molecular weight excluding hydrogens is 470 g/mol. The van der Waals surface area contributed by atoms with E-state index in [0.29, 0.717) is 12.6 Å². The molecule has 2 fully saturated rings. The molecule has 1 heterocycles. The molecule has 1 aliphatic carbocycles. The zero-order valence-corrected chi connectivity index (χ0v) is 19.1. The molecule has 5 nitrogen and oxygen atoms in total. The van der Waals surface area contributed by atoms with Crippen LogP contribution in [0.4, 0.5) is 4.39 Å². The van der Waals surface area contributed by atoms with Crippen LogP contribution in [0.3, 0.4) is 0 Å². The Hall–Kier alpha value is -1.09. The number of phenolic OH excluding ortho intramolecular Hbond substituents is 1. The molecule has 1 aliphatic heterocycles. The van der Waals surface area contributed by atoms with Crippen molar-refractivity contribution in [2.45, 2.75) is 57.5 Å². The molecule has 3 N–H and O–H groups in total. The van der Waals surface area contributed by atoms with Crippen LogP contribution in [-0.4, -0.2) is 48.7 Å². The third-order valence-corrected chi connectivity index (χ3v) is 5.87. The van der Waals surface area contributed by atoms with Gasteiger partial charge in [0.05, 0.1) is 0 Å². The fraction of sp³-hybridized carbons (Fsp3) is 0.667. The van der Waals surface area contributed by atoms with Gasteiger partial charge >= 0.3 is 0 Å². The van der Waals surface area contributed by atoms with E-state index in [1.807, 2.05) is 0 Å². The Labute approximate surface area is 185 Å². The molecule has 2 aliphatic rings. The highest BCUT2D eigenvalue weighted by atomic mass is 127. The monoisotopic (exact) mass is 504 g/mol. The molecule has 1 aromatic carbocycles. The summed E-state index contributed by atoms with van der Waals surface area (Å²) in [5.41, 5.74) is 0.774. The molecule has 158 valence electrons. The summed E-state index contributed by atoms with van der Waals surface area (Å²) in [4.78, 5) is 6.92.